The van der Waals surface area contributed by atoms with Crippen molar-refractivity contribution in [2.45, 2.75) is 37.6 Å². The van der Waals surface area contributed by atoms with Gasteiger partial charge < -0.3 is 10.1 Å². The first-order chi connectivity index (χ1) is 15.2. The standard InChI is InChI=1S/C27H29NO2S/c1-2-3-19-30-26(29)28-25(21-31)20-27(22-13-7-4-8-14-22,23-15-9-5-10-16-23)24-17-11-6-12-18-24/h4-18,21,25H,2-3,19-20H2,1H3,(H,28,29). The fourth-order valence-corrected chi connectivity index (χ4v) is 4.15. The summed E-state index contributed by atoms with van der Waals surface area (Å²) in [5, 5.41) is 4.60. The average Bonchev–Trinajstić information content (AvgIpc) is 2.83. The highest BCUT2D eigenvalue weighted by atomic mass is 32.1. The Morgan fingerprint density at radius 2 is 1.35 bits per heavy atom. The highest BCUT2D eigenvalue weighted by Gasteiger charge is 2.38. The highest BCUT2D eigenvalue weighted by Crippen LogP contribution is 2.42. The van der Waals surface area contributed by atoms with E-state index < -0.39 is 11.5 Å². The van der Waals surface area contributed by atoms with Crippen molar-refractivity contribution in [3.8, 4) is 0 Å². The second-order valence-corrected chi connectivity index (χ2v) is 7.86. The third-order valence-corrected chi connectivity index (χ3v) is 5.85. The van der Waals surface area contributed by atoms with Gasteiger partial charge in [-0.25, -0.2) is 4.79 Å². The van der Waals surface area contributed by atoms with Gasteiger partial charge in [0.05, 0.1) is 12.6 Å². The van der Waals surface area contributed by atoms with Gasteiger partial charge in [-0.15, -0.1) is 0 Å². The smallest absolute Gasteiger partial charge is 0.407 e. The number of unbranched alkanes of at least 4 members (excludes halogenated alkanes) is 1. The maximum atomic E-state index is 12.4. The molecule has 0 spiro atoms. The van der Waals surface area contributed by atoms with Crippen molar-refractivity contribution in [2.75, 3.05) is 6.61 Å². The number of rotatable bonds is 10. The molecule has 0 saturated carbocycles. The molecule has 3 aromatic rings. The number of hydrogen-bond acceptors (Lipinski definition) is 3. The van der Waals surface area contributed by atoms with Crippen LogP contribution in [-0.4, -0.2) is 24.1 Å². The molecule has 0 bridgehead atoms. The van der Waals surface area contributed by atoms with Crippen LogP contribution in [-0.2, 0) is 10.2 Å². The lowest BCUT2D eigenvalue weighted by molar-refractivity contribution is 0.142. The monoisotopic (exact) mass is 431 g/mol. The Morgan fingerprint density at radius 3 is 1.74 bits per heavy atom. The summed E-state index contributed by atoms with van der Waals surface area (Å²) in [4.78, 5) is 12.4. The first-order valence-corrected chi connectivity index (χ1v) is 11.2. The molecule has 160 valence electrons. The summed E-state index contributed by atoms with van der Waals surface area (Å²) >= 11 is 5.35. The van der Waals surface area contributed by atoms with Crippen LogP contribution in [0.1, 0.15) is 42.9 Å². The van der Waals surface area contributed by atoms with E-state index in [4.69, 9.17) is 17.0 Å². The summed E-state index contributed by atoms with van der Waals surface area (Å²) in [6, 6.07) is 30.8. The maximum absolute atomic E-state index is 12.4. The van der Waals surface area contributed by atoms with Crippen molar-refractivity contribution in [3.63, 3.8) is 0 Å². The van der Waals surface area contributed by atoms with Crippen molar-refractivity contribution >= 4 is 23.7 Å². The van der Waals surface area contributed by atoms with Gasteiger partial charge in [-0.2, -0.15) is 0 Å². The van der Waals surface area contributed by atoms with Crippen molar-refractivity contribution in [1.82, 2.24) is 5.32 Å². The van der Waals surface area contributed by atoms with Crippen LogP contribution in [0.5, 0.6) is 0 Å². The van der Waals surface area contributed by atoms with E-state index >= 15 is 0 Å². The number of hydrogen-bond donors (Lipinski definition) is 1. The molecule has 1 N–H and O–H groups in total. The maximum Gasteiger partial charge on any atom is 0.407 e. The molecule has 1 amide bonds. The number of thiocarbonyl (C=S) groups is 1. The summed E-state index contributed by atoms with van der Waals surface area (Å²) in [6.45, 7) is 2.47. The van der Waals surface area contributed by atoms with Gasteiger partial charge in [0, 0.05) is 10.8 Å². The molecule has 4 heteroatoms. The second kappa shape index (κ2) is 11.4. The largest absolute Gasteiger partial charge is 0.450 e. The number of benzene rings is 3. The van der Waals surface area contributed by atoms with E-state index in [0.717, 1.165) is 29.5 Å². The van der Waals surface area contributed by atoms with Gasteiger partial charge in [-0.3, -0.25) is 0 Å². The SMILES string of the molecule is CCCCOC(=O)NC(C=S)CC(c1ccccc1)(c1ccccc1)c1ccccc1. The van der Waals surface area contributed by atoms with Gasteiger partial charge in [0.1, 0.15) is 0 Å². The summed E-state index contributed by atoms with van der Waals surface area (Å²) in [5.41, 5.74) is 2.96. The zero-order valence-electron chi connectivity index (χ0n) is 17.9. The third kappa shape index (κ3) is 5.59. The molecular formula is C27H29NO2S. The van der Waals surface area contributed by atoms with E-state index in [2.05, 4.69) is 85.0 Å². The van der Waals surface area contributed by atoms with Gasteiger partial charge >= 0.3 is 6.09 Å². The molecule has 0 aliphatic carbocycles. The molecule has 1 atom stereocenters. The van der Waals surface area contributed by atoms with Gasteiger partial charge in [0.25, 0.3) is 0 Å². The molecule has 3 rings (SSSR count). The molecule has 0 fully saturated rings. The molecule has 0 heterocycles. The Balaban J connectivity index is 2.05. The average molecular weight is 432 g/mol. The van der Waals surface area contributed by atoms with Crippen molar-refractivity contribution in [3.05, 3.63) is 108 Å². The Morgan fingerprint density at radius 1 is 0.903 bits per heavy atom. The van der Waals surface area contributed by atoms with Crippen molar-refractivity contribution in [1.29, 1.82) is 0 Å². The molecular weight excluding hydrogens is 402 g/mol. The lowest BCUT2D eigenvalue weighted by Gasteiger charge is -2.38. The van der Waals surface area contributed by atoms with E-state index in [0.29, 0.717) is 13.0 Å². The minimum atomic E-state index is -0.486. The molecule has 0 saturated heterocycles. The number of carbonyl (C=O) groups is 1. The fraction of sp³-hybridized carbons (Fsp3) is 0.259. The Hall–Kier alpha value is -2.98. The Labute approximate surface area is 190 Å². The van der Waals surface area contributed by atoms with Crippen molar-refractivity contribution in [2.24, 2.45) is 0 Å². The van der Waals surface area contributed by atoms with E-state index in [-0.39, 0.29) is 6.04 Å². The summed E-state index contributed by atoms with van der Waals surface area (Å²) in [7, 11) is 0. The van der Waals surface area contributed by atoms with Crippen LogP contribution in [0.15, 0.2) is 91.0 Å². The molecule has 1 unspecified atom stereocenters. The third-order valence-electron chi connectivity index (χ3n) is 5.52. The summed E-state index contributed by atoms with van der Waals surface area (Å²) < 4.78 is 5.33. The lowest BCUT2D eigenvalue weighted by atomic mass is 9.66. The van der Waals surface area contributed by atoms with Gasteiger partial charge in [-0.1, -0.05) is 117 Å². The predicted molar refractivity (Wildman–Crippen MR) is 131 cm³/mol. The van der Waals surface area contributed by atoms with E-state index in [1.54, 1.807) is 5.37 Å². The number of amides is 1. The first kappa shape index (κ1) is 22.7. The quantitative estimate of drug-likeness (QED) is 0.232. The van der Waals surface area contributed by atoms with E-state index in [9.17, 15) is 4.79 Å². The van der Waals surface area contributed by atoms with Crippen LogP contribution >= 0.6 is 12.2 Å². The predicted octanol–water partition coefficient (Wildman–Crippen LogP) is 6.31. The number of alkyl carbamates (subject to hydrolysis) is 1. The van der Waals surface area contributed by atoms with Crippen LogP contribution in [0.4, 0.5) is 4.79 Å². The number of ether oxygens (including phenoxy) is 1. The minimum Gasteiger partial charge on any atom is -0.450 e. The van der Waals surface area contributed by atoms with Gasteiger partial charge in [0.15, 0.2) is 0 Å². The molecule has 3 aromatic carbocycles. The highest BCUT2D eigenvalue weighted by molar-refractivity contribution is 7.79. The lowest BCUT2D eigenvalue weighted by Crippen LogP contribution is -2.43. The number of carbonyl (C=O) groups excluding carboxylic acids is 1. The second-order valence-electron chi connectivity index (χ2n) is 7.58. The van der Waals surface area contributed by atoms with Crippen molar-refractivity contribution < 1.29 is 9.53 Å². The van der Waals surface area contributed by atoms with Crippen LogP contribution < -0.4 is 5.32 Å². The Kier molecular flexibility index (Phi) is 8.36. The molecule has 0 aliphatic heterocycles. The fourth-order valence-electron chi connectivity index (χ4n) is 3.99. The molecule has 31 heavy (non-hydrogen) atoms. The topological polar surface area (TPSA) is 38.3 Å². The zero-order chi connectivity index (χ0) is 21.9. The van der Waals surface area contributed by atoms with Crippen LogP contribution in [0.25, 0.3) is 0 Å². The van der Waals surface area contributed by atoms with E-state index in [1.165, 1.54) is 0 Å². The molecule has 0 radical (unpaired) electrons. The zero-order valence-corrected chi connectivity index (χ0v) is 18.7. The minimum absolute atomic E-state index is 0.343. The van der Waals surface area contributed by atoms with Crippen LogP contribution in [0, 0.1) is 0 Å². The van der Waals surface area contributed by atoms with Gasteiger partial charge in [0.2, 0.25) is 0 Å². The van der Waals surface area contributed by atoms with Crippen LogP contribution in [0.3, 0.4) is 0 Å². The molecule has 0 aromatic heterocycles. The molecule has 3 nitrogen and oxygen atoms in total. The first-order valence-electron chi connectivity index (χ1n) is 10.8. The Bertz CT molecular complexity index is 848. The number of nitrogens with one attached hydrogen (secondary N) is 1. The van der Waals surface area contributed by atoms with Crippen LogP contribution in [0.2, 0.25) is 0 Å². The molecule has 0 aliphatic rings. The summed E-state index contributed by atoms with van der Waals surface area (Å²) in [5.74, 6) is 0. The normalized spacial score (nSPS) is 12.0. The van der Waals surface area contributed by atoms with Gasteiger partial charge in [-0.05, 0) is 29.5 Å². The summed E-state index contributed by atoms with van der Waals surface area (Å²) in [6.07, 6.45) is 1.97. The van der Waals surface area contributed by atoms with E-state index in [1.807, 2.05) is 18.2 Å².